The van der Waals surface area contributed by atoms with Gasteiger partial charge in [-0.25, -0.2) is 4.39 Å². The van der Waals surface area contributed by atoms with Crippen LogP contribution in [-0.4, -0.2) is 44.1 Å². The number of methoxy groups -OCH3 is 1. The first-order valence-electron chi connectivity index (χ1n) is 13.0. The molecule has 212 valence electrons. The SMILES string of the molecule is CCOc1ccc(CC(=O)NC(=N)N[C@H](Cc2ccccc2)C(=O)NCc2ccc(F)c(OC)c2)cc1OCC. The molecule has 0 aliphatic heterocycles. The molecule has 0 saturated heterocycles. The lowest BCUT2D eigenvalue weighted by Gasteiger charge is -2.20. The molecule has 0 aromatic heterocycles. The maximum atomic E-state index is 13.7. The molecule has 40 heavy (non-hydrogen) atoms. The summed E-state index contributed by atoms with van der Waals surface area (Å²) in [6, 6.07) is 18.1. The zero-order chi connectivity index (χ0) is 28.9. The Morgan fingerprint density at radius 3 is 2.25 bits per heavy atom. The first kappa shape index (κ1) is 29.9. The van der Waals surface area contributed by atoms with Gasteiger partial charge in [0.1, 0.15) is 6.04 Å². The average Bonchev–Trinajstić information content (AvgIpc) is 2.94. The summed E-state index contributed by atoms with van der Waals surface area (Å²) < 4.78 is 29.9. The zero-order valence-corrected chi connectivity index (χ0v) is 22.9. The predicted octanol–water partition coefficient (Wildman–Crippen LogP) is 3.74. The predicted molar refractivity (Wildman–Crippen MR) is 150 cm³/mol. The Morgan fingerprint density at radius 1 is 0.875 bits per heavy atom. The quantitative estimate of drug-likeness (QED) is 0.190. The number of carbonyl (C=O) groups excluding carboxylic acids is 2. The molecular formula is C30H35FN4O5. The molecular weight excluding hydrogens is 515 g/mol. The van der Waals surface area contributed by atoms with Crippen molar-refractivity contribution in [1.82, 2.24) is 16.0 Å². The monoisotopic (exact) mass is 550 g/mol. The fourth-order valence-corrected chi connectivity index (χ4v) is 3.97. The first-order chi connectivity index (χ1) is 19.3. The van der Waals surface area contributed by atoms with Gasteiger partial charge in [0, 0.05) is 13.0 Å². The van der Waals surface area contributed by atoms with Crippen molar-refractivity contribution in [3.8, 4) is 17.2 Å². The molecule has 4 N–H and O–H groups in total. The number of amides is 2. The van der Waals surface area contributed by atoms with Crippen molar-refractivity contribution in [3.05, 3.63) is 89.2 Å². The zero-order valence-electron chi connectivity index (χ0n) is 22.9. The first-order valence-corrected chi connectivity index (χ1v) is 13.0. The molecule has 9 nitrogen and oxygen atoms in total. The Bertz CT molecular complexity index is 1300. The summed E-state index contributed by atoms with van der Waals surface area (Å²) in [6.45, 7) is 4.80. The second kappa shape index (κ2) is 15.1. The summed E-state index contributed by atoms with van der Waals surface area (Å²) in [4.78, 5) is 25.8. The number of ether oxygens (including phenoxy) is 3. The van der Waals surface area contributed by atoms with Gasteiger partial charge in [0.2, 0.25) is 11.8 Å². The van der Waals surface area contributed by atoms with Crippen molar-refractivity contribution in [2.45, 2.75) is 39.3 Å². The van der Waals surface area contributed by atoms with E-state index in [2.05, 4.69) is 16.0 Å². The third-order valence-corrected chi connectivity index (χ3v) is 5.84. The molecule has 0 heterocycles. The van der Waals surface area contributed by atoms with E-state index < -0.39 is 17.8 Å². The number of hydrogen-bond acceptors (Lipinski definition) is 6. The van der Waals surface area contributed by atoms with E-state index in [4.69, 9.17) is 19.6 Å². The van der Waals surface area contributed by atoms with E-state index in [1.165, 1.54) is 19.2 Å². The van der Waals surface area contributed by atoms with Crippen molar-refractivity contribution in [3.63, 3.8) is 0 Å². The van der Waals surface area contributed by atoms with Crippen LogP contribution in [0.2, 0.25) is 0 Å². The lowest BCUT2D eigenvalue weighted by Crippen LogP contribution is -2.52. The summed E-state index contributed by atoms with van der Waals surface area (Å²) in [7, 11) is 1.37. The highest BCUT2D eigenvalue weighted by molar-refractivity contribution is 5.98. The maximum Gasteiger partial charge on any atom is 0.243 e. The summed E-state index contributed by atoms with van der Waals surface area (Å²) in [5.74, 6) is -0.403. The van der Waals surface area contributed by atoms with Crippen LogP contribution in [0.3, 0.4) is 0 Å². The molecule has 1 atom stereocenters. The van der Waals surface area contributed by atoms with Crippen LogP contribution in [-0.2, 0) is 29.0 Å². The number of carbonyl (C=O) groups is 2. The number of halogens is 1. The summed E-state index contributed by atoms with van der Waals surface area (Å²) in [6.07, 6.45) is 0.271. The van der Waals surface area contributed by atoms with Crippen LogP contribution in [0.1, 0.15) is 30.5 Å². The lowest BCUT2D eigenvalue weighted by atomic mass is 10.1. The third kappa shape index (κ3) is 9.00. The molecule has 0 bridgehead atoms. The molecule has 3 aromatic rings. The highest BCUT2D eigenvalue weighted by Crippen LogP contribution is 2.28. The minimum Gasteiger partial charge on any atom is -0.494 e. The molecule has 0 aliphatic rings. The molecule has 10 heteroatoms. The van der Waals surface area contributed by atoms with Gasteiger partial charge in [-0.2, -0.15) is 0 Å². The van der Waals surface area contributed by atoms with Crippen LogP contribution >= 0.6 is 0 Å². The van der Waals surface area contributed by atoms with Gasteiger partial charge in [0.05, 0.1) is 26.7 Å². The van der Waals surface area contributed by atoms with Crippen molar-refractivity contribution in [2.24, 2.45) is 0 Å². The molecule has 3 aromatic carbocycles. The van der Waals surface area contributed by atoms with Gasteiger partial charge in [0.25, 0.3) is 0 Å². The molecule has 0 saturated carbocycles. The van der Waals surface area contributed by atoms with Gasteiger partial charge >= 0.3 is 0 Å². The van der Waals surface area contributed by atoms with E-state index in [9.17, 15) is 14.0 Å². The highest BCUT2D eigenvalue weighted by Gasteiger charge is 2.21. The maximum absolute atomic E-state index is 13.7. The summed E-state index contributed by atoms with van der Waals surface area (Å²) in [5, 5.41) is 16.5. The average molecular weight is 551 g/mol. The second-order valence-corrected chi connectivity index (χ2v) is 8.82. The van der Waals surface area contributed by atoms with Gasteiger partial charge in [-0.15, -0.1) is 0 Å². The molecule has 0 radical (unpaired) electrons. The second-order valence-electron chi connectivity index (χ2n) is 8.82. The largest absolute Gasteiger partial charge is 0.494 e. The molecule has 0 spiro atoms. The third-order valence-electron chi connectivity index (χ3n) is 5.84. The minimum absolute atomic E-state index is 0.00150. The normalized spacial score (nSPS) is 11.2. The van der Waals surface area contributed by atoms with E-state index in [-0.39, 0.29) is 37.0 Å². The van der Waals surface area contributed by atoms with Crippen LogP contribution in [0, 0.1) is 11.2 Å². The van der Waals surface area contributed by atoms with Crippen LogP contribution < -0.4 is 30.2 Å². The number of hydrogen-bond donors (Lipinski definition) is 4. The Balaban J connectivity index is 1.64. The summed E-state index contributed by atoms with van der Waals surface area (Å²) in [5.41, 5.74) is 2.20. The summed E-state index contributed by atoms with van der Waals surface area (Å²) >= 11 is 0. The molecule has 2 amide bonds. The lowest BCUT2D eigenvalue weighted by molar-refractivity contribution is -0.123. The highest BCUT2D eigenvalue weighted by atomic mass is 19.1. The molecule has 0 aliphatic carbocycles. The van der Waals surface area contributed by atoms with Crippen molar-refractivity contribution < 1.29 is 28.2 Å². The number of rotatable bonds is 13. The van der Waals surface area contributed by atoms with E-state index in [1.807, 2.05) is 44.2 Å². The Hall–Kier alpha value is -4.60. The minimum atomic E-state index is -0.854. The van der Waals surface area contributed by atoms with Crippen molar-refractivity contribution >= 4 is 17.8 Å². The topological polar surface area (TPSA) is 122 Å². The van der Waals surface area contributed by atoms with Gasteiger partial charge in [-0.1, -0.05) is 42.5 Å². The Morgan fingerprint density at radius 2 is 1.55 bits per heavy atom. The number of benzene rings is 3. The van der Waals surface area contributed by atoms with Crippen molar-refractivity contribution in [2.75, 3.05) is 20.3 Å². The van der Waals surface area contributed by atoms with Gasteiger partial charge in [0.15, 0.2) is 29.0 Å². The van der Waals surface area contributed by atoms with Crippen LogP contribution in [0.25, 0.3) is 0 Å². The van der Waals surface area contributed by atoms with Gasteiger partial charge in [-0.3, -0.25) is 20.3 Å². The number of guanidine groups is 1. The van der Waals surface area contributed by atoms with Crippen LogP contribution in [0.5, 0.6) is 17.2 Å². The van der Waals surface area contributed by atoms with Crippen molar-refractivity contribution in [1.29, 1.82) is 5.41 Å². The smallest absolute Gasteiger partial charge is 0.243 e. The molecule has 0 unspecified atom stereocenters. The van der Waals surface area contributed by atoms with Gasteiger partial charge in [-0.05, 0) is 54.8 Å². The van der Waals surface area contributed by atoms with Crippen LogP contribution in [0.15, 0.2) is 66.7 Å². The molecule has 3 rings (SSSR count). The fourth-order valence-electron chi connectivity index (χ4n) is 3.97. The van der Waals surface area contributed by atoms with Crippen LogP contribution in [0.4, 0.5) is 4.39 Å². The Kier molecular flexibility index (Phi) is 11.3. The number of nitrogens with one attached hydrogen (secondary N) is 4. The van der Waals surface area contributed by atoms with E-state index >= 15 is 0 Å². The standard InChI is InChI=1S/C30H35FN4O5/c1-4-39-25-14-12-21(16-27(25)40-5-2)18-28(36)35-30(32)34-24(15-20-9-7-6-8-10-20)29(37)33-19-22-11-13-23(31)26(17-22)38-3/h6-14,16-17,24H,4-5,15,18-19H2,1-3H3,(H,33,37)(H3,32,34,35,36)/t24-/m1/s1. The Labute approximate surface area is 233 Å². The fraction of sp³-hybridized carbons (Fsp3) is 0.300. The molecule has 0 fully saturated rings. The van der Waals surface area contributed by atoms with E-state index in [0.717, 1.165) is 5.56 Å². The van der Waals surface area contributed by atoms with E-state index in [1.54, 1.807) is 24.3 Å². The van der Waals surface area contributed by atoms with Gasteiger partial charge < -0.3 is 24.8 Å². The van der Waals surface area contributed by atoms with E-state index in [0.29, 0.717) is 35.8 Å².